The minimum Gasteiger partial charge on any atom is -0.396 e. The fourth-order valence-corrected chi connectivity index (χ4v) is 2.15. The van der Waals surface area contributed by atoms with Gasteiger partial charge in [-0.05, 0) is 35.9 Å². The number of aromatic amines is 1. The van der Waals surface area contributed by atoms with Gasteiger partial charge in [-0.3, -0.25) is 0 Å². The maximum atomic E-state index is 8.71. The Morgan fingerprint density at radius 2 is 2.36 bits per heavy atom. The molecule has 0 aliphatic carbocycles. The summed E-state index contributed by atoms with van der Waals surface area (Å²) in [4.78, 5) is 4.51. The number of thiophene rings is 1. The fraction of sp³-hybridized carbons (Fsp3) is 0.273. The predicted octanol–water partition coefficient (Wildman–Crippen LogP) is 2.67. The van der Waals surface area contributed by atoms with Gasteiger partial charge in [-0.25, -0.2) is 0 Å². The van der Waals surface area contributed by atoms with Crippen LogP contribution >= 0.6 is 11.3 Å². The Morgan fingerprint density at radius 3 is 3.07 bits per heavy atom. The van der Waals surface area contributed by atoms with Crippen LogP contribution in [0.1, 0.15) is 12.0 Å². The molecule has 14 heavy (non-hydrogen) atoms. The quantitative estimate of drug-likeness (QED) is 0.794. The molecule has 0 spiro atoms. The third-order valence-corrected chi connectivity index (χ3v) is 3.06. The van der Waals surface area contributed by atoms with Crippen molar-refractivity contribution < 1.29 is 5.11 Å². The number of nitrogens with one attached hydrogen (secondary N) is 1. The van der Waals surface area contributed by atoms with E-state index in [0.29, 0.717) is 0 Å². The lowest BCUT2D eigenvalue weighted by Gasteiger charge is -1.91. The predicted molar refractivity (Wildman–Crippen MR) is 59.5 cm³/mol. The van der Waals surface area contributed by atoms with Crippen molar-refractivity contribution in [3.8, 4) is 10.6 Å². The molecule has 0 aromatic carbocycles. The third kappa shape index (κ3) is 2.05. The van der Waals surface area contributed by atoms with Crippen LogP contribution in [0.5, 0.6) is 0 Å². The summed E-state index contributed by atoms with van der Waals surface area (Å²) >= 11 is 1.73. The summed E-state index contributed by atoms with van der Waals surface area (Å²) in [5, 5.41) is 10.8. The molecule has 0 atom stereocenters. The van der Waals surface area contributed by atoms with Crippen molar-refractivity contribution in [1.29, 1.82) is 0 Å². The van der Waals surface area contributed by atoms with Crippen LogP contribution in [0.4, 0.5) is 0 Å². The van der Waals surface area contributed by atoms with Crippen molar-refractivity contribution in [2.24, 2.45) is 0 Å². The molecule has 0 aliphatic rings. The van der Waals surface area contributed by atoms with Gasteiger partial charge in [0.05, 0.1) is 10.6 Å². The minimum absolute atomic E-state index is 0.263. The highest BCUT2D eigenvalue weighted by Gasteiger charge is 2.01. The number of hydrogen-bond acceptors (Lipinski definition) is 2. The van der Waals surface area contributed by atoms with Crippen LogP contribution in [0.3, 0.4) is 0 Å². The molecule has 2 aromatic heterocycles. The number of aliphatic hydroxyl groups excluding tert-OH is 1. The zero-order chi connectivity index (χ0) is 9.80. The van der Waals surface area contributed by atoms with E-state index >= 15 is 0 Å². The number of aryl methyl sites for hydroxylation is 1. The van der Waals surface area contributed by atoms with Crippen LogP contribution < -0.4 is 0 Å². The van der Waals surface area contributed by atoms with Gasteiger partial charge in [0.2, 0.25) is 0 Å². The molecule has 0 radical (unpaired) electrons. The Kier molecular flexibility index (Phi) is 3.01. The van der Waals surface area contributed by atoms with Crippen molar-refractivity contribution in [2.75, 3.05) is 6.61 Å². The topological polar surface area (TPSA) is 36.0 Å². The average molecular weight is 207 g/mol. The molecule has 0 saturated carbocycles. The lowest BCUT2D eigenvalue weighted by molar-refractivity contribution is 0.288. The van der Waals surface area contributed by atoms with Crippen molar-refractivity contribution in [2.45, 2.75) is 12.8 Å². The van der Waals surface area contributed by atoms with Gasteiger partial charge in [-0.1, -0.05) is 6.07 Å². The first-order valence-electron chi connectivity index (χ1n) is 4.72. The van der Waals surface area contributed by atoms with Crippen LogP contribution in [-0.4, -0.2) is 16.7 Å². The van der Waals surface area contributed by atoms with E-state index in [1.807, 2.05) is 12.3 Å². The first-order valence-corrected chi connectivity index (χ1v) is 5.60. The second-order valence-corrected chi connectivity index (χ2v) is 4.17. The number of rotatable bonds is 4. The Bertz CT molecular complexity index is 378. The van der Waals surface area contributed by atoms with Crippen molar-refractivity contribution in [1.82, 2.24) is 4.98 Å². The van der Waals surface area contributed by atoms with E-state index in [1.54, 1.807) is 11.3 Å². The average Bonchev–Trinajstić information content (AvgIpc) is 2.85. The third-order valence-electron chi connectivity index (χ3n) is 2.15. The maximum Gasteiger partial charge on any atom is 0.0558 e. The van der Waals surface area contributed by atoms with Crippen LogP contribution in [0.2, 0.25) is 0 Å². The molecule has 2 nitrogen and oxygen atoms in total. The van der Waals surface area contributed by atoms with E-state index in [9.17, 15) is 0 Å². The van der Waals surface area contributed by atoms with Crippen molar-refractivity contribution in [3.05, 3.63) is 35.3 Å². The van der Waals surface area contributed by atoms with E-state index in [-0.39, 0.29) is 6.61 Å². The van der Waals surface area contributed by atoms with Gasteiger partial charge in [0.1, 0.15) is 0 Å². The van der Waals surface area contributed by atoms with E-state index in [1.165, 1.54) is 16.1 Å². The molecule has 0 saturated heterocycles. The van der Waals surface area contributed by atoms with Gasteiger partial charge < -0.3 is 10.1 Å². The molecule has 74 valence electrons. The summed E-state index contributed by atoms with van der Waals surface area (Å²) in [6.07, 6.45) is 3.80. The van der Waals surface area contributed by atoms with E-state index in [4.69, 9.17) is 5.11 Å². The highest BCUT2D eigenvalue weighted by Crippen LogP contribution is 2.24. The van der Waals surface area contributed by atoms with Gasteiger partial charge in [0, 0.05) is 12.8 Å². The van der Waals surface area contributed by atoms with E-state index < -0.39 is 0 Å². The molecule has 0 unspecified atom stereocenters. The van der Waals surface area contributed by atoms with Gasteiger partial charge >= 0.3 is 0 Å². The maximum absolute atomic E-state index is 8.71. The summed E-state index contributed by atoms with van der Waals surface area (Å²) in [7, 11) is 0. The first kappa shape index (κ1) is 9.49. The Hall–Kier alpha value is -1.06. The first-order chi connectivity index (χ1) is 6.90. The molecule has 2 heterocycles. The molecular formula is C11H13NOS. The van der Waals surface area contributed by atoms with E-state index in [0.717, 1.165) is 12.8 Å². The zero-order valence-electron chi connectivity index (χ0n) is 7.86. The van der Waals surface area contributed by atoms with Gasteiger partial charge in [0.25, 0.3) is 0 Å². The zero-order valence-corrected chi connectivity index (χ0v) is 8.68. The summed E-state index contributed by atoms with van der Waals surface area (Å²) in [6.45, 7) is 0.263. The van der Waals surface area contributed by atoms with Gasteiger partial charge in [-0.2, -0.15) is 0 Å². The van der Waals surface area contributed by atoms with Crippen LogP contribution in [0, 0.1) is 0 Å². The molecule has 2 rings (SSSR count). The van der Waals surface area contributed by atoms with Crippen LogP contribution in [0.25, 0.3) is 10.6 Å². The fourth-order valence-electron chi connectivity index (χ4n) is 1.44. The lowest BCUT2D eigenvalue weighted by atomic mass is 10.2. The molecule has 0 amide bonds. The van der Waals surface area contributed by atoms with Gasteiger partial charge in [0.15, 0.2) is 0 Å². The number of hydrogen-bond donors (Lipinski definition) is 2. The molecular weight excluding hydrogens is 194 g/mol. The van der Waals surface area contributed by atoms with Crippen molar-refractivity contribution in [3.63, 3.8) is 0 Å². The number of H-pyrrole nitrogens is 1. The molecule has 2 N–H and O–H groups in total. The van der Waals surface area contributed by atoms with Crippen LogP contribution in [-0.2, 0) is 6.42 Å². The largest absolute Gasteiger partial charge is 0.396 e. The normalized spacial score (nSPS) is 10.6. The second kappa shape index (κ2) is 4.44. The van der Waals surface area contributed by atoms with Crippen LogP contribution in [0.15, 0.2) is 29.8 Å². The summed E-state index contributed by atoms with van der Waals surface area (Å²) in [6, 6.07) is 6.31. The highest BCUT2D eigenvalue weighted by atomic mass is 32.1. The lowest BCUT2D eigenvalue weighted by Crippen LogP contribution is -1.86. The monoisotopic (exact) mass is 207 g/mol. The Balaban J connectivity index is 2.10. The summed E-state index contributed by atoms with van der Waals surface area (Å²) in [5.41, 5.74) is 2.44. The number of aliphatic hydroxyl groups is 1. The summed E-state index contributed by atoms with van der Waals surface area (Å²) in [5.74, 6) is 0. The highest BCUT2D eigenvalue weighted by molar-refractivity contribution is 7.13. The molecule has 2 aromatic rings. The number of aromatic nitrogens is 1. The van der Waals surface area contributed by atoms with Gasteiger partial charge in [-0.15, -0.1) is 11.3 Å². The standard InChI is InChI=1S/C11H13NOS/c13-5-1-3-9-7-10(12-8-9)11-4-2-6-14-11/h2,4,6-8,12-13H,1,3,5H2. The van der Waals surface area contributed by atoms with Crippen molar-refractivity contribution >= 4 is 11.3 Å². The SMILES string of the molecule is OCCCc1c[nH]c(-c2cccs2)c1. The van der Waals surface area contributed by atoms with E-state index in [2.05, 4.69) is 22.5 Å². The molecule has 0 fully saturated rings. The second-order valence-electron chi connectivity index (χ2n) is 3.23. The summed E-state index contributed by atoms with van der Waals surface area (Å²) < 4.78 is 0. The smallest absolute Gasteiger partial charge is 0.0558 e. The molecule has 0 bridgehead atoms. The molecule has 0 aliphatic heterocycles. The minimum atomic E-state index is 0.263. The molecule has 3 heteroatoms. The Labute approximate surface area is 87.2 Å². The Morgan fingerprint density at radius 1 is 1.43 bits per heavy atom.